The Labute approximate surface area is 55.9 Å². The van der Waals surface area contributed by atoms with Crippen LogP contribution in [0.5, 0.6) is 0 Å². The van der Waals surface area contributed by atoms with Crippen LogP contribution in [0.4, 0.5) is 0 Å². The highest BCUT2D eigenvalue weighted by Gasteiger charge is 2.00. The van der Waals surface area contributed by atoms with Crippen molar-refractivity contribution in [1.82, 2.24) is 4.90 Å². The minimum absolute atomic E-state index is 0.993. The lowest BCUT2D eigenvalue weighted by Gasteiger charge is -2.07. The summed E-state index contributed by atoms with van der Waals surface area (Å²) >= 11 is 0. The molecular formula is C7H12N2. The molecule has 0 aliphatic carbocycles. The summed E-state index contributed by atoms with van der Waals surface area (Å²) in [6.45, 7) is 0.993. The first-order chi connectivity index (χ1) is 4.29. The van der Waals surface area contributed by atoms with Crippen LogP contribution in [0, 0.1) is 0 Å². The quantitative estimate of drug-likeness (QED) is 0.534. The molecule has 0 aromatic heterocycles. The Kier molecular flexibility index (Phi) is 2.01. The van der Waals surface area contributed by atoms with E-state index in [4.69, 9.17) is 0 Å². The number of nitrogens with zero attached hydrogens (tertiary/aromatic N) is 2. The second-order valence-electron chi connectivity index (χ2n) is 2.52. The molecule has 0 amide bonds. The average molecular weight is 124 g/mol. The van der Waals surface area contributed by atoms with Gasteiger partial charge in [-0.25, -0.2) is 0 Å². The molecule has 0 radical (unpaired) electrons. The van der Waals surface area contributed by atoms with Crippen LogP contribution in [0.1, 0.15) is 6.42 Å². The van der Waals surface area contributed by atoms with Gasteiger partial charge in [0.1, 0.15) is 0 Å². The molecule has 0 fully saturated rings. The van der Waals surface area contributed by atoms with Crippen LogP contribution in [-0.2, 0) is 0 Å². The van der Waals surface area contributed by atoms with Gasteiger partial charge in [-0.2, -0.15) is 0 Å². The van der Waals surface area contributed by atoms with Crippen molar-refractivity contribution < 1.29 is 0 Å². The Morgan fingerprint density at radius 3 is 2.89 bits per heavy atom. The molecule has 1 aliphatic rings. The predicted octanol–water partition coefficient (Wildman–Crippen LogP) is 0.906. The van der Waals surface area contributed by atoms with Crippen molar-refractivity contribution in [2.24, 2.45) is 4.99 Å². The molecule has 2 heteroatoms. The van der Waals surface area contributed by atoms with Crippen molar-refractivity contribution in [1.29, 1.82) is 0 Å². The zero-order chi connectivity index (χ0) is 6.69. The largest absolute Gasteiger partial charge is 0.304 e. The van der Waals surface area contributed by atoms with E-state index in [-0.39, 0.29) is 0 Å². The molecule has 0 atom stereocenters. The third-order valence-corrected chi connectivity index (χ3v) is 1.21. The molecule has 0 aromatic rings. The standard InChI is InChI=1S/C7H12N2/c1-9(2)6-7-4-3-5-8-7/h3,5H,4,6H2,1-2H3. The van der Waals surface area contributed by atoms with Gasteiger partial charge in [-0.3, -0.25) is 4.99 Å². The molecule has 0 spiro atoms. The van der Waals surface area contributed by atoms with Crippen molar-refractivity contribution in [2.45, 2.75) is 6.42 Å². The second kappa shape index (κ2) is 2.78. The SMILES string of the molecule is CN(C)CC1=NC=CC1. The van der Waals surface area contributed by atoms with E-state index >= 15 is 0 Å². The van der Waals surface area contributed by atoms with Gasteiger partial charge in [0.25, 0.3) is 0 Å². The Morgan fingerprint density at radius 1 is 1.67 bits per heavy atom. The van der Waals surface area contributed by atoms with Crippen molar-refractivity contribution in [3.63, 3.8) is 0 Å². The van der Waals surface area contributed by atoms with Crippen LogP contribution in [0.25, 0.3) is 0 Å². The minimum atomic E-state index is 0.993. The lowest BCUT2D eigenvalue weighted by molar-refractivity contribution is 0.468. The second-order valence-corrected chi connectivity index (χ2v) is 2.52. The first kappa shape index (κ1) is 6.49. The van der Waals surface area contributed by atoms with E-state index in [2.05, 4.69) is 30.1 Å². The highest BCUT2D eigenvalue weighted by Crippen LogP contribution is 1.99. The van der Waals surface area contributed by atoms with E-state index in [1.165, 1.54) is 5.71 Å². The van der Waals surface area contributed by atoms with Gasteiger partial charge in [0.2, 0.25) is 0 Å². The van der Waals surface area contributed by atoms with E-state index in [1.54, 1.807) is 0 Å². The lowest BCUT2D eigenvalue weighted by Crippen LogP contribution is -2.20. The summed E-state index contributed by atoms with van der Waals surface area (Å²) < 4.78 is 0. The maximum Gasteiger partial charge on any atom is 0.0364 e. The molecule has 2 nitrogen and oxygen atoms in total. The maximum absolute atomic E-state index is 4.17. The summed E-state index contributed by atoms with van der Waals surface area (Å²) in [5.41, 5.74) is 1.26. The van der Waals surface area contributed by atoms with E-state index in [0.717, 1.165) is 13.0 Å². The van der Waals surface area contributed by atoms with Crippen LogP contribution in [0.3, 0.4) is 0 Å². The molecule has 1 aliphatic heterocycles. The Morgan fingerprint density at radius 2 is 2.44 bits per heavy atom. The van der Waals surface area contributed by atoms with Crippen LogP contribution >= 0.6 is 0 Å². The molecule has 0 unspecified atom stereocenters. The van der Waals surface area contributed by atoms with Gasteiger partial charge in [-0.05, 0) is 14.1 Å². The molecule has 0 saturated carbocycles. The third kappa shape index (κ3) is 1.98. The fraction of sp³-hybridized carbons (Fsp3) is 0.571. The summed E-state index contributed by atoms with van der Waals surface area (Å²) in [6, 6.07) is 0. The topological polar surface area (TPSA) is 15.6 Å². The van der Waals surface area contributed by atoms with Crippen molar-refractivity contribution in [3.05, 3.63) is 12.3 Å². The van der Waals surface area contributed by atoms with Gasteiger partial charge in [-0.15, -0.1) is 0 Å². The molecule has 9 heavy (non-hydrogen) atoms. The van der Waals surface area contributed by atoms with E-state index in [9.17, 15) is 0 Å². The molecule has 1 heterocycles. The first-order valence-corrected chi connectivity index (χ1v) is 3.14. The van der Waals surface area contributed by atoms with Crippen LogP contribution < -0.4 is 0 Å². The third-order valence-electron chi connectivity index (χ3n) is 1.21. The number of allylic oxidation sites excluding steroid dienone is 1. The maximum atomic E-state index is 4.17. The van der Waals surface area contributed by atoms with Gasteiger partial charge < -0.3 is 4.90 Å². The molecule has 0 saturated heterocycles. The van der Waals surface area contributed by atoms with E-state index < -0.39 is 0 Å². The molecule has 50 valence electrons. The van der Waals surface area contributed by atoms with Gasteiger partial charge in [0.05, 0.1) is 0 Å². The van der Waals surface area contributed by atoms with Crippen molar-refractivity contribution >= 4 is 5.71 Å². The lowest BCUT2D eigenvalue weighted by atomic mass is 10.3. The first-order valence-electron chi connectivity index (χ1n) is 3.14. The number of hydrogen-bond acceptors (Lipinski definition) is 2. The summed E-state index contributed by atoms with van der Waals surface area (Å²) in [5, 5.41) is 0. The Balaban J connectivity index is 2.30. The van der Waals surface area contributed by atoms with Crippen molar-refractivity contribution in [2.75, 3.05) is 20.6 Å². The fourth-order valence-corrected chi connectivity index (χ4v) is 0.870. The number of hydrogen-bond donors (Lipinski definition) is 0. The smallest absolute Gasteiger partial charge is 0.0364 e. The Hall–Kier alpha value is -0.630. The molecule has 0 N–H and O–H groups in total. The Bertz CT molecular complexity index is 145. The summed E-state index contributed by atoms with van der Waals surface area (Å²) in [7, 11) is 4.11. The fourth-order valence-electron chi connectivity index (χ4n) is 0.870. The summed E-state index contributed by atoms with van der Waals surface area (Å²) in [6.07, 6.45) is 5.00. The van der Waals surface area contributed by atoms with E-state index in [0.29, 0.717) is 0 Å². The highest BCUT2D eigenvalue weighted by molar-refractivity contribution is 5.89. The summed E-state index contributed by atoms with van der Waals surface area (Å²) in [5.74, 6) is 0. The number of aliphatic imine (C=N–C) groups is 1. The number of rotatable bonds is 2. The van der Waals surface area contributed by atoms with Crippen LogP contribution in [0.2, 0.25) is 0 Å². The normalized spacial score (nSPS) is 17.0. The molecule has 0 bridgehead atoms. The zero-order valence-corrected chi connectivity index (χ0v) is 5.96. The van der Waals surface area contributed by atoms with Crippen LogP contribution in [0.15, 0.2) is 17.3 Å². The van der Waals surface area contributed by atoms with Gasteiger partial charge in [-0.1, -0.05) is 6.08 Å². The molecule has 1 rings (SSSR count). The van der Waals surface area contributed by atoms with Gasteiger partial charge in [0.15, 0.2) is 0 Å². The molecule has 0 aromatic carbocycles. The minimum Gasteiger partial charge on any atom is -0.304 e. The van der Waals surface area contributed by atoms with Crippen molar-refractivity contribution in [3.8, 4) is 0 Å². The summed E-state index contributed by atoms with van der Waals surface area (Å²) in [4.78, 5) is 6.30. The predicted molar refractivity (Wildman–Crippen MR) is 39.7 cm³/mol. The monoisotopic (exact) mass is 124 g/mol. The van der Waals surface area contributed by atoms with Gasteiger partial charge in [0, 0.05) is 24.9 Å². The van der Waals surface area contributed by atoms with Gasteiger partial charge >= 0.3 is 0 Å². The highest BCUT2D eigenvalue weighted by atomic mass is 15.1. The molecular weight excluding hydrogens is 112 g/mol. The average Bonchev–Trinajstić information content (AvgIpc) is 2.15. The zero-order valence-electron chi connectivity index (χ0n) is 5.96. The van der Waals surface area contributed by atoms with Crippen LogP contribution in [-0.4, -0.2) is 31.3 Å². The van der Waals surface area contributed by atoms with E-state index in [1.807, 2.05) is 6.20 Å².